The van der Waals surface area contributed by atoms with Crippen LogP contribution in [0.5, 0.6) is 0 Å². The van der Waals surface area contributed by atoms with Crippen LogP contribution >= 0.6 is 11.3 Å². The minimum Gasteiger partial charge on any atom is -0.375 e. The van der Waals surface area contributed by atoms with E-state index in [0.717, 1.165) is 4.88 Å². The molecule has 17 heavy (non-hydrogen) atoms. The minimum absolute atomic E-state index is 0.196. The van der Waals surface area contributed by atoms with Gasteiger partial charge in [-0.3, -0.25) is 19.4 Å². The van der Waals surface area contributed by atoms with Crippen molar-refractivity contribution in [3.8, 4) is 0 Å². The number of nitrogens with zero attached hydrogens (tertiary/aromatic N) is 1. The van der Waals surface area contributed by atoms with Crippen molar-refractivity contribution in [2.75, 3.05) is 5.32 Å². The molecule has 0 saturated carbocycles. The van der Waals surface area contributed by atoms with Crippen molar-refractivity contribution in [3.05, 3.63) is 48.7 Å². The summed E-state index contributed by atoms with van der Waals surface area (Å²) < 4.78 is 1.19. The van der Waals surface area contributed by atoms with Crippen LogP contribution in [-0.4, -0.2) is 9.78 Å². The van der Waals surface area contributed by atoms with Gasteiger partial charge in [0.15, 0.2) is 0 Å². The average molecular weight is 251 g/mol. The maximum Gasteiger partial charge on any atom is 0.286 e. The van der Waals surface area contributed by atoms with Crippen molar-refractivity contribution in [1.29, 1.82) is 0 Å². The number of nitrogens with one attached hydrogen (secondary N) is 2. The normalized spacial score (nSPS) is 10.5. The van der Waals surface area contributed by atoms with Gasteiger partial charge in [0.05, 0.1) is 0 Å². The van der Waals surface area contributed by atoms with Crippen LogP contribution in [0.25, 0.3) is 0 Å². The molecule has 0 radical (unpaired) electrons. The lowest BCUT2D eigenvalue weighted by molar-refractivity contribution is 0.686. The maximum atomic E-state index is 11.7. The van der Waals surface area contributed by atoms with Crippen LogP contribution < -0.4 is 16.4 Å². The highest BCUT2D eigenvalue weighted by atomic mass is 32.1. The molecule has 0 spiro atoms. The lowest BCUT2D eigenvalue weighted by atomic mass is 10.3. The molecule has 0 saturated heterocycles. The molecule has 2 rings (SSSR count). The van der Waals surface area contributed by atoms with Gasteiger partial charge in [-0.2, -0.15) is 0 Å². The van der Waals surface area contributed by atoms with E-state index in [1.54, 1.807) is 18.3 Å². The Morgan fingerprint density at radius 1 is 1.47 bits per heavy atom. The summed E-state index contributed by atoms with van der Waals surface area (Å²) in [5.74, 6) is 0. The van der Waals surface area contributed by atoms with Crippen molar-refractivity contribution < 1.29 is 0 Å². The van der Waals surface area contributed by atoms with Crippen molar-refractivity contribution in [1.82, 2.24) is 9.78 Å². The Labute approximate surface area is 102 Å². The molecule has 2 heterocycles. The zero-order valence-corrected chi connectivity index (χ0v) is 10.4. The molecule has 0 unspecified atom stereocenters. The number of thiophene rings is 1. The minimum atomic E-state index is -0.277. The third-order valence-corrected chi connectivity index (χ3v) is 3.39. The second kappa shape index (κ2) is 4.58. The second-order valence-corrected chi connectivity index (χ2v) is 4.77. The molecule has 2 N–H and O–H groups in total. The first-order chi connectivity index (χ1) is 8.09. The summed E-state index contributed by atoms with van der Waals surface area (Å²) in [5.41, 5.74) is 0.314. The van der Waals surface area contributed by atoms with E-state index in [4.69, 9.17) is 0 Å². The number of hydrogen-bond acceptors (Lipinski definition) is 4. The van der Waals surface area contributed by atoms with E-state index in [-0.39, 0.29) is 11.1 Å². The number of aromatic amines is 1. The lowest BCUT2D eigenvalue weighted by Gasteiger charge is -2.08. The van der Waals surface area contributed by atoms with Gasteiger partial charge in [0.1, 0.15) is 5.69 Å². The van der Waals surface area contributed by atoms with Gasteiger partial charge >= 0.3 is 0 Å². The molecule has 0 bridgehead atoms. The SMILES string of the molecule is Cc1c(NCc2cccs2)c(=O)[nH]n(C)c1=O. The number of anilines is 1. The largest absolute Gasteiger partial charge is 0.375 e. The Balaban J connectivity index is 2.30. The summed E-state index contributed by atoms with van der Waals surface area (Å²) in [4.78, 5) is 24.5. The molecule has 0 fully saturated rings. The van der Waals surface area contributed by atoms with Crippen molar-refractivity contribution in [2.24, 2.45) is 7.05 Å². The highest BCUT2D eigenvalue weighted by Gasteiger charge is 2.09. The van der Waals surface area contributed by atoms with Crippen LogP contribution in [0.4, 0.5) is 5.69 Å². The molecule has 0 amide bonds. The van der Waals surface area contributed by atoms with Gasteiger partial charge in [-0.05, 0) is 18.4 Å². The van der Waals surface area contributed by atoms with Crippen LogP contribution in [0.1, 0.15) is 10.4 Å². The van der Waals surface area contributed by atoms with Crippen LogP contribution in [0, 0.1) is 6.92 Å². The first-order valence-corrected chi connectivity index (χ1v) is 6.03. The first-order valence-electron chi connectivity index (χ1n) is 5.15. The number of aromatic nitrogens is 2. The first kappa shape index (κ1) is 11.7. The molecule has 2 aromatic heterocycles. The molecule has 5 nitrogen and oxygen atoms in total. The molecule has 0 aliphatic carbocycles. The maximum absolute atomic E-state index is 11.7. The summed E-state index contributed by atoms with van der Waals surface area (Å²) in [6.07, 6.45) is 0. The van der Waals surface area contributed by atoms with Gasteiger partial charge in [-0.1, -0.05) is 6.07 Å². The Morgan fingerprint density at radius 3 is 2.88 bits per heavy atom. The van der Waals surface area contributed by atoms with Crippen LogP contribution in [0.3, 0.4) is 0 Å². The van der Waals surface area contributed by atoms with Crippen molar-refractivity contribution in [2.45, 2.75) is 13.5 Å². The zero-order valence-electron chi connectivity index (χ0n) is 9.61. The van der Waals surface area contributed by atoms with E-state index in [9.17, 15) is 9.59 Å². The van der Waals surface area contributed by atoms with E-state index in [1.807, 2.05) is 17.5 Å². The van der Waals surface area contributed by atoms with E-state index in [0.29, 0.717) is 17.8 Å². The second-order valence-electron chi connectivity index (χ2n) is 3.74. The number of rotatable bonds is 3. The van der Waals surface area contributed by atoms with Crippen molar-refractivity contribution in [3.63, 3.8) is 0 Å². The molecule has 0 aliphatic heterocycles. The highest BCUT2D eigenvalue weighted by Crippen LogP contribution is 2.11. The molecule has 90 valence electrons. The van der Waals surface area contributed by atoms with Gasteiger partial charge in [-0.25, -0.2) is 0 Å². The zero-order chi connectivity index (χ0) is 12.4. The third kappa shape index (κ3) is 2.31. The van der Waals surface area contributed by atoms with Gasteiger partial charge in [0.25, 0.3) is 11.1 Å². The van der Waals surface area contributed by atoms with E-state index in [2.05, 4.69) is 10.4 Å². The highest BCUT2D eigenvalue weighted by molar-refractivity contribution is 7.09. The van der Waals surface area contributed by atoms with Gasteiger partial charge < -0.3 is 5.32 Å². The number of H-pyrrole nitrogens is 1. The quantitative estimate of drug-likeness (QED) is 0.857. The van der Waals surface area contributed by atoms with E-state index in [1.165, 1.54) is 11.7 Å². The van der Waals surface area contributed by atoms with Gasteiger partial charge in [0, 0.05) is 24.0 Å². The number of aryl methyl sites for hydroxylation is 1. The topological polar surface area (TPSA) is 66.9 Å². The fourth-order valence-corrected chi connectivity index (χ4v) is 2.23. The third-order valence-electron chi connectivity index (χ3n) is 2.52. The van der Waals surface area contributed by atoms with E-state index >= 15 is 0 Å². The average Bonchev–Trinajstić information content (AvgIpc) is 2.79. The lowest BCUT2D eigenvalue weighted by Crippen LogP contribution is -2.31. The van der Waals surface area contributed by atoms with E-state index < -0.39 is 0 Å². The smallest absolute Gasteiger partial charge is 0.286 e. The summed E-state index contributed by atoms with van der Waals surface area (Å²) in [5, 5.41) is 7.44. The Hall–Kier alpha value is -1.82. The Kier molecular flexibility index (Phi) is 3.14. The molecule has 2 aromatic rings. The predicted octanol–water partition coefficient (Wildman–Crippen LogP) is 1.06. The molecule has 0 aliphatic rings. The van der Waals surface area contributed by atoms with Crippen LogP contribution in [0.15, 0.2) is 27.1 Å². The van der Waals surface area contributed by atoms with Crippen molar-refractivity contribution >= 4 is 17.0 Å². The van der Waals surface area contributed by atoms with Crippen LogP contribution in [-0.2, 0) is 13.6 Å². The monoisotopic (exact) mass is 251 g/mol. The standard InChI is InChI=1S/C11H13N3O2S/c1-7-9(10(15)13-14(2)11(7)16)12-6-8-4-3-5-17-8/h3-5,12H,6H2,1-2H3,(H,13,15). The summed E-state index contributed by atoms with van der Waals surface area (Å²) >= 11 is 1.60. The van der Waals surface area contributed by atoms with Crippen LogP contribution in [0.2, 0.25) is 0 Å². The summed E-state index contributed by atoms with van der Waals surface area (Å²) in [6.45, 7) is 2.20. The molecular formula is C11H13N3O2S. The Morgan fingerprint density at radius 2 is 2.24 bits per heavy atom. The number of hydrogen-bond donors (Lipinski definition) is 2. The van der Waals surface area contributed by atoms with Gasteiger partial charge in [-0.15, -0.1) is 11.3 Å². The molecular weight excluding hydrogens is 238 g/mol. The predicted molar refractivity (Wildman–Crippen MR) is 68.7 cm³/mol. The Bertz CT molecular complexity index is 625. The molecule has 0 atom stereocenters. The summed E-state index contributed by atoms with van der Waals surface area (Å²) in [7, 11) is 1.53. The molecule has 6 heteroatoms. The molecule has 0 aromatic carbocycles. The fourth-order valence-electron chi connectivity index (χ4n) is 1.59. The fraction of sp³-hybridized carbons (Fsp3) is 0.273. The van der Waals surface area contributed by atoms with Gasteiger partial charge in [0.2, 0.25) is 0 Å². The summed E-state index contributed by atoms with van der Waals surface area (Å²) in [6, 6.07) is 3.92.